The van der Waals surface area contributed by atoms with Gasteiger partial charge in [-0.05, 0) is 12.8 Å². The van der Waals surface area contributed by atoms with Gasteiger partial charge in [0.2, 0.25) is 0 Å². The number of fused-ring (bicyclic) bond motifs is 1. The molecule has 2 aliphatic rings. The minimum atomic E-state index is -0.373. The number of amides is 1. The highest BCUT2D eigenvalue weighted by atomic mass is 16.5. The van der Waals surface area contributed by atoms with Crippen LogP contribution >= 0.6 is 0 Å². The van der Waals surface area contributed by atoms with E-state index in [1.54, 1.807) is 4.90 Å². The van der Waals surface area contributed by atoms with Crippen LogP contribution in [-0.2, 0) is 9.47 Å². The van der Waals surface area contributed by atoms with Gasteiger partial charge in [-0.3, -0.25) is 4.90 Å². The molecule has 2 rings (SSSR count). The molecule has 2 aliphatic heterocycles. The van der Waals surface area contributed by atoms with Crippen molar-refractivity contribution in [3.05, 3.63) is 0 Å². The number of hydrogen-bond donors (Lipinski definition) is 1. The highest BCUT2D eigenvalue weighted by Crippen LogP contribution is 2.25. The lowest BCUT2D eigenvalue weighted by atomic mass is 10.1. The molecule has 0 aromatic heterocycles. The summed E-state index contributed by atoms with van der Waals surface area (Å²) in [6.45, 7) is 0.647. The number of methoxy groups -OCH3 is 1. The number of likely N-dealkylation sites (tertiary alicyclic amines) is 1. The van der Waals surface area contributed by atoms with Gasteiger partial charge in [-0.25, -0.2) is 9.79 Å². The Bertz CT molecular complexity index is 279. The third kappa shape index (κ3) is 1.36. The van der Waals surface area contributed by atoms with E-state index in [0.29, 0.717) is 6.54 Å². The van der Waals surface area contributed by atoms with Gasteiger partial charge in [0.15, 0.2) is 6.17 Å². The van der Waals surface area contributed by atoms with Crippen molar-refractivity contribution in [1.29, 1.82) is 0 Å². The van der Waals surface area contributed by atoms with E-state index in [4.69, 9.17) is 10.5 Å². The van der Waals surface area contributed by atoms with Crippen LogP contribution in [0.15, 0.2) is 4.99 Å². The molecule has 0 aromatic rings. The Labute approximate surface area is 81.7 Å². The average Bonchev–Trinajstić information content (AvgIpc) is 2.56. The summed E-state index contributed by atoms with van der Waals surface area (Å²) in [5.74, 6) is 0. The molecule has 6 nitrogen and oxygen atoms in total. The van der Waals surface area contributed by atoms with Gasteiger partial charge in [-0.15, -0.1) is 0 Å². The molecule has 1 fully saturated rings. The average molecular weight is 199 g/mol. The molecular weight excluding hydrogens is 186 g/mol. The van der Waals surface area contributed by atoms with Crippen molar-refractivity contribution in [3.63, 3.8) is 0 Å². The van der Waals surface area contributed by atoms with Gasteiger partial charge >= 0.3 is 6.09 Å². The largest absolute Gasteiger partial charge is 0.458 e. The number of rotatable bonds is 0. The van der Waals surface area contributed by atoms with E-state index < -0.39 is 0 Å². The fourth-order valence-corrected chi connectivity index (χ4v) is 1.85. The van der Waals surface area contributed by atoms with Crippen molar-refractivity contribution in [2.75, 3.05) is 13.7 Å². The lowest BCUT2D eigenvalue weighted by molar-refractivity contribution is 0.0404. The first-order chi connectivity index (χ1) is 6.72. The quantitative estimate of drug-likeness (QED) is 0.590. The van der Waals surface area contributed by atoms with E-state index in [9.17, 15) is 4.79 Å². The highest BCUT2D eigenvalue weighted by molar-refractivity contribution is 5.75. The van der Waals surface area contributed by atoms with Crippen molar-refractivity contribution in [2.24, 2.45) is 10.7 Å². The lowest BCUT2D eigenvalue weighted by Gasteiger charge is -2.33. The molecule has 1 amide bonds. The van der Waals surface area contributed by atoms with E-state index >= 15 is 0 Å². The van der Waals surface area contributed by atoms with Crippen molar-refractivity contribution < 1.29 is 14.3 Å². The molecule has 14 heavy (non-hydrogen) atoms. The number of hydrogen-bond acceptors (Lipinski definition) is 5. The number of aliphatic imine (C=N–C) groups is 1. The summed E-state index contributed by atoms with van der Waals surface area (Å²) >= 11 is 0. The van der Waals surface area contributed by atoms with Crippen molar-refractivity contribution in [1.82, 2.24) is 4.90 Å². The summed E-state index contributed by atoms with van der Waals surface area (Å²) in [6, 6.07) is 0.163. The Morgan fingerprint density at radius 2 is 2.57 bits per heavy atom. The maximum absolute atomic E-state index is 11.4. The Kier molecular flexibility index (Phi) is 2.18. The van der Waals surface area contributed by atoms with Crippen LogP contribution in [0.1, 0.15) is 12.8 Å². The van der Waals surface area contributed by atoms with Crippen LogP contribution in [0.2, 0.25) is 0 Å². The van der Waals surface area contributed by atoms with Crippen LogP contribution in [-0.4, -0.2) is 42.9 Å². The molecule has 6 heteroatoms. The molecule has 0 radical (unpaired) electrons. The first-order valence-electron chi connectivity index (χ1n) is 4.57. The second kappa shape index (κ2) is 3.36. The molecule has 0 aliphatic carbocycles. The van der Waals surface area contributed by atoms with Crippen LogP contribution in [0.5, 0.6) is 0 Å². The molecule has 0 unspecified atom stereocenters. The third-order valence-corrected chi connectivity index (χ3v) is 2.48. The molecule has 2 heterocycles. The first kappa shape index (κ1) is 9.11. The Morgan fingerprint density at radius 3 is 3.29 bits per heavy atom. The summed E-state index contributed by atoms with van der Waals surface area (Å²) in [5.41, 5.74) is 5.45. The SMILES string of the molecule is COC(=O)N1CCC[C@@H]2OC(N)=N[C@@H]21. The minimum absolute atomic E-state index is 0.0946. The standard InChI is InChI=1S/C8H13N3O3/c1-13-8(12)11-4-2-3-5-6(11)10-7(9)14-5/h5-6H,2-4H2,1H3,(H2,9,10)/t5-,6+/m0/s1. The van der Waals surface area contributed by atoms with Crippen LogP contribution in [0.25, 0.3) is 0 Å². The number of nitrogens with two attached hydrogens (primary N) is 1. The molecular formula is C8H13N3O3. The summed E-state index contributed by atoms with van der Waals surface area (Å²) < 4.78 is 9.92. The third-order valence-electron chi connectivity index (χ3n) is 2.48. The van der Waals surface area contributed by atoms with Gasteiger partial charge in [0.1, 0.15) is 6.10 Å². The molecule has 2 atom stereocenters. The molecule has 0 saturated carbocycles. The number of nitrogens with zero attached hydrogens (tertiary/aromatic N) is 2. The zero-order valence-electron chi connectivity index (χ0n) is 7.97. The van der Waals surface area contributed by atoms with Crippen molar-refractivity contribution in [2.45, 2.75) is 25.1 Å². The van der Waals surface area contributed by atoms with Gasteiger partial charge in [0, 0.05) is 6.54 Å². The van der Waals surface area contributed by atoms with Gasteiger partial charge in [0.05, 0.1) is 7.11 Å². The summed E-state index contributed by atoms with van der Waals surface area (Å²) in [7, 11) is 1.36. The summed E-state index contributed by atoms with van der Waals surface area (Å²) in [5, 5.41) is 0. The summed E-state index contributed by atoms with van der Waals surface area (Å²) in [4.78, 5) is 17.0. The monoisotopic (exact) mass is 199 g/mol. The van der Waals surface area contributed by atoms with Crippen molar-refractivity contribution in [3.8, 4) is 0 Å². The normalized spacial score (nSPS) is 30.4. The number of ether oxygens (including phenoxy) is 2. The van der Waals surface area contributed by atoms with E-state index in [1.807, 2.05) is 0 Å². The van der Waals surface area contributed by atoms with E-state index in [0.717, 1.165) is 12.8 Å². The predicted octanol–water partition coefficient (Wildman–Crippen LogP) is -0.112. The van der Waals surface area contributed by atoms with Crippen LogP contribution in [0.4, 0.5) is 4.79 Å². The van der Waals surface area contributed by atoms with Crippen LogP contribution in [0.3, 0.4) is 0 Å². The van der Waals surface area contributed by atoms with Gasteiger partial charge < -0.3 is 15.2 Å². The Hall–Kier alpha value is -1.46. The second-order valence-corrected chi connectivity index (χ2v) is 3.34. The predicted molar refractivity (Wildman–Crippen MR) is 48.6 cm³/mol. The zero-order valence-corrected chi connectivity index (χ0v) is 7.97. The molecule has 0 bridgehead atoms. The number of amidine groups is 1. The Morgan fingerprint density at radius 1 is 1.79 bits per heavy atom. The second-order valence-electron chi connectivity index (χ2n) is 3.34. The molecule has 1 saturated heterocycles. The fourth-order valence-electron chi connectivity index (χ4n) is 1.85. The lowest BCUT2D eigenvalue weighted by Crippen LogP contribution is -2.48. The maximum atomic E-state index is 11.4. The van der Waals surface area contributed by atoms with Crippen LogP contribution in [0, 0.1) is 0 Å². The Balaban J connectivity index is 2.13. The van der Waals surface area contributed by atoms with Crippen molar-refractivity contribution >= 4 is 12.1 Å². The number of carbonyl (C=O) groups is 1. The zero-order chi connectivity index (χ0) is 10.1. The van der Waals surface area contributed by atoms with E-state index in [2.05, 4.69) is 9.73 Å². The molecule has 78 valence electrons. The number of piperidine rings is 1. The van der Waals surface area contributed by atoms with Gasteiger partial charge in [0.25, 0.3) is 6.02 Å². The maximum Gasteiger partial charge on any atom is 0.411 e. The van der Waals surface area contributed by atoms with E-state index in [1.165, 1.54) is 7.11 Å². The van der Waals surface area contributed by atoms with Gasteiger partial charge in [-0.2, -0.15) is 0 Å². The highest BCUT2D eigenvalue weighted by Gasteiger charge is 2.40. The molecule has 2 N–H and O–H groups in total. The summed E-state index contributed by atoms with van der Waals surface area (Å²) in [6.07, 6.45) is 1.00. The smallest absolute Gasteiger partial charge is 0.411 e. The first-order valence-corrected chi connectivity index (χ1v) is 4.57. The fraction of sp³-hybridized carbons (Fsp3) is 0.750. The number of carbonyl (C=O) groups excluding carboxylic acids is 1. The van der Waals surface area contributed by atoms with Gasteiger partial charge in [-0.1, -0.05) is 0 Å². The molecule has 0 spiro atoms. The topological polar surface area (TPSA) is 77.1 Å². The van der Waals surface area contributed by atoms with E-state index in [-0.39, 0.29) is 24.4 Å². The van der Waals surface area contributed by atoms with Crippen LogP contribution < -0.4 is 5.73 Å². The molecule has 0 aromatic carbocycles. The minimum Gasteiger partial charge on any atom is -0.458 e.